The molecule has 0 aliphatic heterocycles. The van der Waals surface area contributed by atoms with E-state index in [-0.39, 0.29) is 16.9 Å². The number of halogens is 1. The van der Waals surface area contributed by atoms with Crippen LogP contribution in [0.5, 0.6) is 5.75 Å². The predicted octanol–water partition coefficient (Wildman–Crippen LogP) is 5.04. The number of methoxy groups -OCH3 is 1. The van der Waals surface area contributed by atoms with Crippen molar-refractivity contribution in [3.8, 4) is 5.75 Å². The topological polar surface area (TPSA) is 79.5 Å². The Hall–Kier alpha value is -2.68. The van der Waals surface area contributed by atoms with E-state index in [0.717, 1.165) is 10.1 Å². The van der Waals surface area contributed by atoms with Gasteiger partial charge in [-0.15, -0.1) is 11.3 Å². The summed E-state index contributed by atoms with van der Waals surface area (Å²) in [5.74, 6) is 0.240. The van der Waals surface area contributed by atoms with Crippen molar-refractivity contribution in [1.82, 2.24) is 5.32 Å². The van der Waals surface area contributed by atoms with Gasteiger partial charge in [-0.25, -0.2) is 0 Å². The molecule has 150 valence electrons. The summed E-state index contributed by atoms with van der Waals surface area (Å²) < 4.78 is 6.06. The average Bonchev–Trinajstić information content (AvgIpc) is 3.05. The van der Waals surface area contributed by atoms with Gasteiger partial charge >= 0.3 is 0 Å². The number of benzene rings is 2. The largest absolute Gasteiger partial charge is 0.497 e. The highest BCUT2D eigenvalue weighted by atomic mass is 35.5. The highest BCUT2D eigenvalue weighted by Crippen LogP contribution is 2.37. The maximum atomic E-state index is 12.6. The van der Waals surface area contributed by atoms with Gasteiger partial charge < -0.3 is 15.4 Å². The molecule has 2 amide bonds. The Kier molecular flexibility index (Phi) is 6.68. The monoisotopic (exact) mass is 447 g/mol. The third-order valence-corrected chi connectivity index (χ3v) is 5.88. The van der Waals surface area contributed by atoms with Crippen LogP contribution in [0.25, 0.3) is 10.1 Å². The second-order valence-corrected chi connectivity index (χ2v) is 7.83. The summed E-state index contributed by atoms with van der Waals surface area (Å²) in [6.45, 7) is 1.78. The number of nitrogens with one attached hydrogen (secondary N) is 3. The van der Waals surface area contributed by atoms with Crippen LogP contribution in [0, 0.1) is 0 Å². The number of amides is 2. The molecule has 29 heavy (non-hydrogen) atoms. The van der Waals surface area contributed by atoms with Crippen molar-refractivity contribution < 1.29 is 14.3 Å². The number of hydrogen-bond donors (Lipinski definition) is 3. The number of rotatable bonds is 5. The molecular formula is C20H18ClN3O3S2. The van der Waals surface area contributed by atoms with Crippen LogP contribution in [0.1, 0.15) is 23.0 Å². The number of carbonyl (C=O) groups excluding carboxylic acids is 2. The van der Waals surface area contributed by atoms with Crippen LogP contribution in [0.4, 0.5) is 11.4 Å². The fraction of sp³-hybridized carbons (Fsp3) is 0.150. The Labute approximate surface area is 182 Å². The fourth-order valence-electron chi connectivity index (χ4n) is 2.53. The summed E-state index contributed by atoms with van der Waals surface area (Å²) in [5, 5.41) is 9.64. The van der Waals surface area contributed by atoms with Gasteiger partial charge in [0.25, 0.3) is 5.91 Å². The molecule has 3 aromatic rings. The lowest BCUT2D eigenvalue weighted by molar-refractivity contribution is -0.115. The van der Waals surface area contributed by atoms with Crippen molar-refractivity contribution in [3.05, 3.63) is 52.4 Å². The minimum Gasteiger partial charge on any atom is -0.497 e. The Morgan fingerprint density at radius 2 is 1.76 bits per heavy atom. The molecule has 0 fully saturated rings. The van der Waals surface area contributed by atoms with E-state index >= 15 is 0 Å². The molecule has 3 N–H and O–H groups in total. The van der Waals surface area contributed by atoms with Crippen LogP contribution in [-0.2, 0) is 4.79 Å². The van der Waals surface area contributed by atoms with Crippen LogP contribution in [0.2, 0.25) is 5.02 Å². The van der Waals surface area contributed by atoms with Gasteiger partial charge in [-0.1, -0.05) is 18.5 Å². The summed E-state index contributed by atoms with van der Waals surface area (Å²) in [6.07, 6.45) is 0.406. The molecule has 0 radical (unpaired) electrons. The molecule has 2 aromatic carbocycles. The standard InChI is InChI=1S/C20H18ClN3O3S2/c1-3-16(25)22-11-4-6-12(7-5-11)23-20(28)24-19(26)18-17(21)14-9-8-13(27-2)10-15(14)29-18/h4-10H,3H2,1-2H3,(H,22,25)(H2,23,24,26,28). The van der Waals surface area contributed by atoms with Crippen molar-refractivity contribution in [2.24, 2.45) is 0 Å². The minimum atomic E-state index is -0.389. The number of ether oxygens (including phenoxy) is 1. The third-order valence-electron chi connectivity index (χ3n) is 4.02. The number of thiocarbonyl (C=S) groups is 1. The molecule has 0 bridgehead atoms. The highest BCUT2D eigenvalue weighted by Gasteiger charge is 2.18. The second-order valence-electron chi connectivity index (χ2n) is 5.99. The Bertz CT molecular complexity index is 1080. The van der Waals surface area contributed by atoms with Crippen LogP contribution in [0.3, 0.4) is 0 Å². The highest BCUT2D eigenvalue weighted by molar-refractivity contribution is 7.80. The van der Waals surface area contributed by atoms with Crippen molar-refractivity contribution >= 4 is 73.5 Å². The zero-order valence-corrected chi connectivity index (χ0v) is 18.1. The molecular weight excluding hydrogens is 430 g/mol. The van der Waals surface area contributed by atoms with Crippen molar-refractivity contribution in [1.29, 1.82) is 0 Å². The third kappa shape index (κ3) is 5.03. The van der Waals surface area contributed by atoms with E-state index in [1.165, 1.54) is 11.3 Å². The minimum absolute atomic E-state index is 0.0636. The van der Waals surface area contributed by atoms with E-state index < -0.39 is 0 Å². The maximum absolute atomic E-state index is 12.6. The summed E-state index contributed by atoms with van der Waals surface area (Å²) in [4.78, 5) is 24.4. The molecule has 1 heterocycles. The van der Waals surface area contributed by atoms with Gasteiger partial charge in [-0.3, -0.25) is 14.9 Å². The van der Waals surface area contributed by atoms with Crippen LogP contribution < -0.4 is 20.7 Å². The number of thiophene rings is 1. The summed E-state index contributed by atoms with van der Waals surface area (Å²) in [6, 6.07) is 12.4. The quantitative estimate of drug-likeness (QED) is 0.477. The molecule has 0 spiro atoms. The van der Waals surface area contributed by atoms with E-state index in [0.29, 0.717) is 33.4 Å². The molecule has 0 saturated carbocycles. The van der Waals surface area contributed by atoms with Crippen molar-refractivity contribution in [3.63, 3.8) is 0 Å². The van der Waals surface area contributed by atoms with Gasteiger partial charge in [-0.2, -0.15) is 0 Å². The first kappa shape index (κ1) is 21.0. The SMILES string of the molecule is CCC(=O)Nc1ccc(NC(=S)NC(=O)c2sc3cc(OC)ccc3c2Cl)cc1. The van der Waals surface area contributed by atoms with Crippen molar-refractivity contribution in [2.75, 3.05) is 17.7 Å². The zero-order valence-electron chi connectivity index (χ0n) is 15.7. The first-order valence-corrected chi connectivity index (χ1v) is 10.3. The van der Waals surface area contributed by atoms with Gasteiger partial charge in [0.15, 0.2) is 5.11 Å². The fourth-order valence-corrected chi connectivity index (χ4v) is 4.18. The molecule has 1 aromatic heterocycles. The van der Waals surface area contributed by atoms with Gasteiger partial charge in [0.2, 0.25) is 5.91 Å². The normalized spacial score (nSPS) is 10.4. The summed E-state index contributed by atoms with van der Waals surface area (Å²) in [5.41, 5.74) is 1.36. The van der Waals surface area contributed by atoms with Gasteiger partial charge in [-0.05, 0) is 54.7 Å². The van der Waals surface area contributed by atoms with Gasteiger partial charge in [0, 0.05) is 27.9 Å². The lowest BCUT2D eigenvalue weighted by Crippen LogP contribution is -2.33. The molecule has 9 heteroatoms. The number of anilines is 2. The number of hydrogen-bond acceptors (Lipinski definition) is 5. The van der Waals surface area contributed by atoms with Gasteiger partial charge in [0.05, 0.1) is 12.1 Å². The zero-order chi connectivity index (χ0) is 21.0. The molecule has 0 atom stereocenters. The van der Waals surface area contributed by atoms with E-state index in [1.807, 2.05) is 12.1 Å². The van der Waals surface area contributed by atoms with E-state index in [1.54, 1.807) is 44.4 Å². The smallest absolute Gasteiger partial charge is 0.269 e. The molecule has 0 unspecified atom stereocenters. The Balaban J connectivity index is 1.66. The van der Waals surface area contributed by atoms with Crippen LogP contribution in [0.15, 0.2) is 42.5 Å². The second kappa shape index (κ2) is 9.21. The number of fused-ring (bicyclic) bond motifs is 1. The lowest BCUT2D eigenvalue weighted by atomic mass is 10.2. The van der Waals surface area contributed by atoms with Gasteiger partial charge in [0.1, 0.15) is 10.6 Å². The lowest BCUT2D eigenvalue weighted by Gasteiger charge is -2.10. The first-order chi connectivity index (χ1) is 13.9. The molecule has 0 aliphatic carbocycles. The summed E-state index contributed by atoms with van der Waals surface area (Å²) >= 11 is 12.9. The predicted molar refractivity (Wildman–Crippen MR) is 122 cm³/mol. The van der Waals surface area contributed by atoms with Crippen LogP contribution in [-0.4, -0.2) is 24.0 Å². The van der Waals surface area contributed by atoms with E-state index in [9.17, 15) is 9.59 Å². The molecule has 3 rings (SSSR count). The Morgan fingerprint density at radius 3 is 2.38 bits per heavy atom. The number of carbonyl (C=O) groups is 2. The van der Waals surface area contributed by atoms with E-state index in [4.69, 9.17) is 28.6 Å². The van der Waals surface area contributed by atoms with E-state index in [2.05, 4.69) is 16.0 Å². The van der Waals surface area contributed by atoms with Crippen molar-refractivity contribution in [2.45, 2.75) is 13.3 Å². The van der Waals surface area contributed by atoms with Crippen LogP contribution >= 0.6 is 35.2 Å². The maximum Gasteiger partial charge on any atom is 0.269 e. The average molecular weight is 448 g/mol. The molecule has 0 saturated heterocycles. The Morgan fingerprint density at radius 1 is 1.10 bits per heavy atom. The molecule has 0 aliphatic rings. The first-order valence-electron chi connectivity index (χ1n) is 8.69. The molecule has 6 nitrogen and oxygen atoms in total. The summed E-state index contributed by atoms with van der Waals surface area (Å²) in [7, 11) is 1.58.